The van der Waals surface area contributed by atoms with Crippen molar-refractivity contribution >= 4 is 5.69 Å². The van der Waals surface area contributed by atoms with Crippen LogP contribution in [0.25, 0.3) is 0 Å². The van der Waals surface area contributed by atoms with Gasteiger partial charge in [-0.05, 0) is 36.6 Å². The van der Waals surface area contributed by atoms with Crippen LogP contribution in [0.1, 0.15) is 22.7 Å². The van der Waals surface area contributed by atoms with Gasteiger partial charge in [-0.25, -0.2) is 0 Å². The van der Waals surface area contributed by atoms with Gasteiger partial charge in [-0.2, -0.15) is 13.2 Å². The Balaban J connectivity index is 2.37. The van der Waals surface area contributed by atoms with Crippen LogP contribution in [-0.4, -0.2) is 6.18 Å². The summed E-state index contributed by atoms with van der Waals surface area (Å²) in [5, 5.41) is 2.62. The highest BCUT2D eigenvalue weighted by atomic mass is 19.4. The molecule has 0 aliphatic carbocycles. The highest BCUT2D eigenvalue weighted by Crippen LogP contribution is 2.36. The van der Waals surface area contributed by atoms with E-state index >= 15 is 0 Å². The summed E-state index contributed by atoms with van der Waals surface area (Å²) in [4.78, 5) is 0. The zero-order valence-corrected chi connectivity index (χ0v) is 11.3. The van der Waals surface area contributed by atoms with Crippen LogP contribution in [0, 0.1) is 13.8 Å². The average molecular weight is 279 g/mol. The van der Waals surface area contributed by atoms with Crippen LogP contribution in [0.5, 0.6) is 0 Å². The van der Waals surface area contributed by atoms with Crippen molar-refractivity contribution in [2.24, 2.45) is 0 Å². The standard InChI is InChI=1S/C16H16F3N/c1-11-7-6-10-14(12(11)2)20-15(16(17,18)19)13-8-4-3-5-9-13/h3-10,15,20H,1-2H3. The minimum Gasteiger partial charge on any atom is -0.370 e. The van der Waals surface area contributed by atoms with Gasteiger partial charge in [0.1, 0.15) is 6.04 Å². The largest absolute Gasteiger partial charge is 0.412 e. The summed E-state index contributed by atoms with van der Waals surface area (Å²) in [6.45, 7) is 3.70. The molecule has 0 aliphatic heterocycles. The number of halogens is 3. The number of alkyl halides is 3. The van der Waals surface area contributed by atoms with Crippen molar-refractivity contribution in [3.05, 3.63) is 65.2 Å². The van der Waals surface area contributed by atoms with Crippen LogP contribution >= 0.6 is 0 Å². The monoisotopic (exact) mass is 279 g/mol. The Morgan fingerprint density at radius 3 is 2.15 bits per heavy atom. The Hall–Kier alpha value is -1.97. The molecular formula is C16H16F3N. The van der Waals surface area contributed by atoms with Crippen molar-refractivity contribution in [2.45, 2.75) is 26.1 Å². The molecule has 1 atom stereocenters. The Morgan fingerprint density at radius 1 is 0.900 bits per heavy atom. The van der Waals surface area contributed by atoms with Crippen molar-refractivity contribution in [3.8, 4) is 0 Å². The van der Waals surface area contributed by atoms with E-state index in [0.717, 1.165) is 11.1 Å². The molecule has 4 heteroatoms. The highest BCUT2D eigenvalue weighted by Gasteiger charge is 2.40. The molecule has 1 nitrogen and oxygen atoms in total. The van der Waals surface area contributed by atoms with Crippen molar-refractivity contribution in [3.63, 3.8) is 0 Å². The number of nitrogens with one attached hydrogen (secondary N) is 1. The summed E-state index contributed by atoms with van der Waals surface area (Å²) in [5.74, 6) is 0. The smallest absolute Gasteiger partial charge is 0.370 e. The second-order valence-electron chi connectivity index (χ2n) is 4.78. The van der Waals surface area contributed by atoms with Crippen molar-refractivity contribution in [1.29, 1.82) is 0 Å². The van der Waals surface area contributed by atoms with E-state index in [1.54, 1.807) is 30.3 Å². The van der Waals surface area contributed by atoms with Crippen LogP contribution in [0.3, 0.4) is 0 Å². The molecule has 0 aliphatic rings. The van der Waals surface area contributed by atoms with Crippen molar-refractivity contribution < 1.29 is 13.2 Å². The Labute approximate surface area is 116 Å². The van der Waals surface area contributed by atoms with Crippen molar-refractivity contribution in [1.82, 2.24) is 0 Å². The molecule has 0 amide bonds. The van der Waals surface area contributed by atoms with Gasteiger partial charge < -0.3 is 5.32 Å². The van der Waals surface area contributed by atoms with Gasteiger partial charge in [-0.1, -0.05) is 42.5 Å². The highest BCUT2D eigenvalue weighted by molar-refractivity contribution is 5.55. The predicted molar refractivity (Wildman–Crippen MR) is 74.8 cm³/mol. The number of aryl methyl sites for hydroxylation is 1. The summed E-state index contributed by atoms with van der Waals surface area (Å²) in [6.07, 6.45) is -4.35. The Bertz CT molecular complexity index is 576. The van der Waals surface area contributed by atoms with Gasteiger partial charge in [0.15, 0.2) is 0 Å². The van der Waals surface area contributed by atoms with Crippen LogP contribution in [0.2, 0.25) is 0 Å². The molecule has 2 aromatic rings. The van der Waals surface area contributed by atoms with Gasteiger partial charge in [0.05, 0.1) is 0 Å². The summed E-state index contributed by atoms with van der Waals surface area (Å²) in [7, 11) is 0. The lowest BCUT2D eigenvalue weighted by atomic mass is 10.0. The van der Waals surface area contributed by atoms with E-state index in [1.807, 2.05) is 19.9 Å². The summed E-state index contributed by atoms with van der Waals surface area (Å²) in [6, 6.07) is 11.5. The third kappa shape index (κ3) is 3.13. The van der Waals surface area contributed by atoms with Crippen LogP contribution < -0.4 is 5.32 Å². The van der Waals surface area contributed by atoms with Crippen LogP contribution in [-0.2, 0) is 0 Å². The first kappa shape index (κ1) is 14.4. The number of anilines is 1. The molecule has 0 saturated heterocycles. The maximum atomic E-state index is 13.3. The molecule has 0 heterocycles. The molecule has 2 aromatic carbocycles. The second kappa shape index (κ2) is 5.57. The van der Waals surface area contributed by atoms with E-state index in [-0.39, 0.29) is 5.56 Å². The van der Waals surface area contributed by atoms with Gasteiger partial charge in [0.25, 0.3) is 0 Å². The third-order valence-corrected chi connectivity index (χ3v) is 3.36. The van der Waals surface area contributed by atoms with Gasteiger partial charge in [0.2, 0.25) is 0 Å². The lowest BCUT2D eigenvalue weighted by Gasteiger charge is -2.24. The van der Waals surface area contributed by atoms with Crippen LogP contribution in [0.4, 0.5) is 18.9 Å². The second-order valence-corrected chi connectivity index (χ2v) is 4.78. The average Bonchev–Trinajstić information content (AvgIpc) is 2.40. The molecule has 0 saturated carbocycles. The Kier molecular flexibility index (Phi) is 4.02. The quantitative estimate of drug-likeness (QED) is 0.832. The first-order chi connectivity index (χ1) is 9.39. The minimum absolute atomic E-state index is 0.209. The zero-order valence-electron chi connectivity index (χ0n) is 11.3. The lowest BCUT2D eigenvalue weighted by molar-refractivity contribution is -0.144. The number of rotatable bonds is 3. The maximum Gasteiger partial charge on any atom is 0.412 e. The molecule has 20 heavy (non-hydrogen) atoms. The minimum atomic E-state index is -4.35. The first-order valence-corrected chi connectivity index (χ1v) is 6.34. The third-order valence-electron chi connectivity index (χ3n) is 3.36. The molecule has 2 rings (SSSR count). The molecule has 0 spiro atoms. The molecular weight excluding hydrogens is 263 g/mol. The first-order valence-electron chi connectivity index (χ1n) is 6.34. The zero-order chi connectivity index (χ0) is 14.8. The molecule has 0 aromatic heterocycles. The normalized spacial score (nSPS) is 13.1. The van der Waals surface area contributed by atoms with Gasteiger partial charge >= 0.3 is 6.18 Å². The Morgan fingerprint density at radius 2 is 1.55 bits per heavy atom. The van der Waals surface area contributed by atoms with E-state index in [0.29, 0.717) is 5.69 Å². The van der Waals surface area contributed by atoms with Gasteiger partial charge in [0, 0.05) is 5.69 Å². The number of benzene rings is 2. The molecule has 0 radical (unpaired) electrons. The van der Waals surface area contributed by atoms with E-state index in [9.17, 15) is 13.2 Å². The van der Waals surface area contributed by atoms with Gasteiger partial charge in [-0.15, -0.1) is 0 Å². The summed E-state index contributed by atoms with van der Waals surface area (Å²) < 4.78 is 39.8. The predicted octanol–water partition coefficient (Wildman–Crippen LogP) is 5.02. The molecule has 1 N–H and O–H groups in total. The topological polar surface area (TPSA) is 12.0 Å². The fourth-order valence-electron chi connectivity index (χ4n) is 2.06. The summed E-state index contributed by atoms with van der Waals surface area (Å²) >= 11 is 0. The lowest BCUT2D eigenvalue weighted by Crippen LogP contribution is -2.28. The molecule has 0 fully saturated rings. The van der Waals surface area contributed by atoms with Crippen molar-refractivity contribution in [2.75, 3.05) is 5.32 Å². The van der Waals surface area contributed by atoms with Gasteiger partial charge in [-0.3, -0.25) is 0 Å². The van der Waals surface area contributed by atoms with Crippen LogP contribution in [0.15, 0.2) is 48.5 Å². The number of hydrogen-bond acceptors (Lipinski definition) is 1. The summed E-state index contributed by atoms with van der Waals surface area (Å²) in [5.41, 5.74) is 2.51. The number of hydrogen-bond donors (Lipinski definition) is 1. The molecule has 1 unspecified atom stereocenters. The molecule has 106 valence electrons. The SMILES string of the molecule is Cc1cccc(NC(c2ccccc2)C(F)(F)F)c1C. The maximum absolute atomic E-state index is 13.3. The fraction of sp³-hybridized carbons (Fsp3) is 0.250. The van der Waals surface area contributed by atoms with E-state index in [1.165, 1.54) is 12.1 Å². The fourth-order valence-corrected chi connectivity index (χ4v) is 2.06. The van der Waals surface area contributed by atoms with E-state index in [4.69, 9.17) is 0 Å². The van der Waals surface area contributed by atoms with E-state index in [2.05, 4.69) is 5.32 Å². The van der Waals surface area contributed by atoms with E-state index < -0.39 is 12.2 Å². The molecule has 0 bridgehead atoms.